The van der Waals surface area contributed by atoms with E-state index in [-0.39, 0.29) is 6.42 Å². The van der Waals surface area contributed by atoms with E-state index in [1.807, 2.05) is 0 Å². The van der Waals surface area contributed by atoms with Crippen LogP contribution in [-0.2, 0) is 24.7 Å². The highest BCUT2D eigenvalue weighted by atomic mass is 32.2. The third kappa shape index (κ3) is 9.07. The van der Waals surface area contributed by atoms with E-state index in [2.05, 4.69) is 4.72 Å². The van der Waals surface area contributed by atoms with Crippen LogP contribution in [0.25, 0.3) is 0 Å². The molecule has 0 aliphatic carbocycles. The van der Waals surface area contributed by atoms with Crippen LogP contribution >= 0.6 is 0 Å². The van der Waals surface area contributed by atoms with Crippen molar-refractivity contribution in [3.63, 3.8) is 0 Å². The molecule has 0 aromatic rings. The number of carboxylic acid groups (broad SMARTS) is 1. The summed E-state index contributed by atoms with van der Waals surface area (Å²) in [6.07, 6.45) is 0.941. The molecule has 0 aromatic heterocycles. The second kappa shape index (κ2) is 6.31. The Kier molecular flexibility index (Phi) is 6.06. The first-order valence-corrected chi connectivity index (χ1v) is 8.66. The van der Waals surface area contributed by atoms with E-state index in [9.17, 15) is 21.6 Å². The van der Waals surface area contributed by atoms with Crippen molar-refractivity contribution in [3.05, 3.63) is 0 Å². The van der Waals surface area contributed by atoms with Gasteiger partial charge in [-0.1, -0.05) is 6.92 Å². The molecule has 1 unspecified atom stereocenters. The second-order valence-corrected chi connectivity index (χ2v) is 7.90. The minimum Gasteiger partial charge on any atom is -0.481 e. The minimum atomic E-state index is -3.76. The molecule has 102 valence electrons. The predicted octanol–water partition coefficient (Wildman–Crippen LogP) is -0.796. The summed E-state index contributed by atoms with van der Waals surface area (Å²) < 4.78 is 46.7. The van der Waals surface area contributed by atoms with Gasteiger partial charge in [0.25, 0.3) is 0 Å². The van der Waals surface area contributed by atoms with Crippen molar-refractivity contribution in [2.24, 2.45) is 0 Å². The van der Waals surface area contributed by atoms with Crippen LogP contribution in [0.15, 0.2) is 0 Å². The Bertz CT molecular complexity index is 452. The topological polar surface area (TPSA) is 118 Å². The maximum Gasteiger partial charge on any atom is 0.304 e. The highest BCUT2D eigenvalue weighted by Gasteiger charge is 2.20. The molecular formula is C8H17NO6S2. The maximum atomic E-state index is 11.5. The van der Waals surface area contributed by atoms with Crippen LogP contribution in [0.4, 0.5) is 0 Å². The standard InChI is InChI=1S/C8H17NO6S2/c1-3-7(6-8(10)11)9-17(14,15)5-4-16(2,12)13/h7,9H,3-6H2,1-2H3,(H,10,11). The number of sulfonamides is 1. The Morgan fingerprint density at radius 3 is 2.12 bits per heavy atom. The zero-order chi connectivity index (χ0) is 13.7. The first-order chi connectivity index (χ1) is 7.56. The first kappa shape index (κ1) is 16.3. The number of aliphatic carboxylic acids is 1. The van der Waals surface area contributed by atoms with Crippen molar-refractivity contribution >= 4 is 25.8 Å². The lowest BCUT2D eigenvalue weighted by Gasteiger charge is -2.14. The number of nitrogens with one attached hydrogen (secondary N) is 1. The van der Waals surface area contributed by atoms with Gasteiger partial charge in [0, 0.05) is 12.3 Å². The van der Waals surface area contributed by atoms with Crippen LogP contribution in [0, 0.1) is 0 Å². The van der Waals surface area contributed by atoms with Gasteiger partial charge in [-0.2, -0.15) is 0 Å². The fourth-order valence-corrected chi connectivity index (χ4v) is 4.02. The number of carboxylic acids is 1. The van der Waals surface area contributed by atoms with Gasteiger partial charge in [-0.05, 0) is 6.42 Å². The van der Waals surface area contributed by atoms with Gasteiger partial charge in [-0.15, -0.1) is 0 Å². The molecule has 0 saturated heterocycles. The molecule has 7 nitrogen and oxygen atoms in total. The lowest BCUT2D eigenvalue weighted by atomic mass is 10.2. The van der Waals surface area contributed by atoms with E-state index < -0.39 is 43.4 Å². The molecule has 0 aliphatic heterocycles. The number of hydrogen-bond acceptors (Lipinski definition) is 5. The lowest BCUT2D eigenvalue weighted by molar-refractivity contribution is -0.137. The molecule has 0 rings (SSSR count). The molecule has 0 aromatic carbocycles. The van der Waals surface area contributed by atoms with E-state index in [0.29, 0.717) is 6.42 Å². The van der Waals surface area contributed by atoms with Crippen molar-refractivity contribution < 1.29 is 26.7 Å². The average molecular weight is 287 g/mol. The Morgan fingerprint density at radius 2 is 1.76 bits per heavy atom. The lowest BCUT2D eigenvalue weighted by Crippen LogP contribution is -2.38. The maximum absolute atomic E-state index is 11.5. The Hall–Kier alpha value is -0.670. The first-order valence-electron chi connectivity index (χ1n) is 4.95. The van der Waals surface area contributed by atoms with E-state index in [0.717, 1.165) is 6.26 Å². The predicted molar refractivity (Wildman–Crippen MR) is 63.0 cm³/mol. The molecule has 0 aliphatic rings. The summed E-state index contributed by atoms with van der Waals surface area (Å²) in [5.74, 6) is -2.14. The molecule has 0 fully saturated rings. The van der Waals surface area contributed by atoms with Crippen LogP contribution < -0.4 is 4.72 Å². The summed E-state index contributed by atoms with van der Waals surface area (Å²) in [5, 5.41) is 8.54. The zero-order valence-electron chi connectivity index (χ0n) is 9.71. The van der Waals surface area contributed by atoms with Crippen molar-refractivity contribution in [1.29, 1.82) is 0 Å². The summed E-state index contributed by atoms with van der Waals surface area (Å²) in [7, 11) is -7.12. The summed E-state index contributed by atoms with van der Waals surface area (Å²) in [4.78, 5) is 10.4. The molecular weight excluding hydrogens is 270 g/mol. The van der Waals surface area contributed by atoms with Gasteiger partial charge in [0.05, 0.1) is 17.9 Å². The van der Waals surface area contributed by atoms with Gasteiger partial charge in [0.15, 0.2) is 0 Å². The third-order valence-electron chi connectivity index (χ3n) is 1.98. The van der Waals surface area contributed by atoms with E-state index in [1.54, 1.807) is 6.92 Å². The van der Waals surface area contributed by atoms with E-state index >= 15 is 0 Å². The molecule has 0 heterocycles. The molecule has 0 saturated carbocycles. The molecule has 0 amide bonds. The van der Waals surface area contributed by atoms with Crippen molar-refractivity contribution in [2.45, 2.75) is 25.8 Å². The van der Waals surface area contributed by atoms with Gasteiger partial charge >= 0.3 is 5.97 Å². The smallest absolute Gasteiger partial charge is 0.304 e. The van der Waals surface area contributed by atoms with Crippen LogP contribution in [0.1, 0.15) is 19.8 Å². The van der Waals surface area contributed by atoms with Crippen LogP contribution in [0.5, 0.6) is 0 Å². The quantitative estimate of drug-likeness (QED) is 0.603. The molecule has 2 N–H and O–H groups in total. The summed E-state index contributed by atoms with van der Waals surface area (Å²) >= 11 is 0. The molecule has 9 heteroatoms. The van der Waals surface area contributed by atoms with Crippen LogP contribution in [0.2, 0.25) is 0 Å². The van der Waals surface area contributed by atoms with Gasteiger partial charge in [0.2, 0.25) is 10.0 Å². The van der Waals surface area contributed by atoms with Crippen molar-refractivity contribution in [2.75, 3.05) is 17.8 Å². The normalized spacial score (nSPS) is 14.5. The monoisotopic (exact) mass is 287 g/mol. The number of carbonyl (C=O) groups is 1. The molecule has 0 spiro atoms. The Morgan fingerprint density at radius 1 is 1.24 bits per heavy atom. The fraction of sp³-hybridized carbons (Fsp3) is 0.875. The number of sulfone groups is 1. The highest BCUT2D eigenvalue weighted by molar-refractivity contribution is 7.93. The molecule has 17 heavy (non-hydrogen) atoms. The SMILES string of the molecule is CCC(CC(=O)O)NS(=O)(=O)CCS(C)(=O)=O. The molecule has 0 radical (unpaired) electrons. The summed E-state index contributed by atoms with van der Waals surface area (Å²) in [5.41, 5.74) is 0. The Balaban J connectivity index is 4.47. The molecule has 0 bridgehead atoms. The summed E-state index contributed by atoms with van der Waals surface area (Å²) in [6.45, 7) is 1.65. The number of hydrogen-bond donors (Lipinski definition) is 2. The number of rotatable bonds is 8. The van der Waals surface area contributed by atoms with Crippen molar-refractivity contribution in [1.82, 2.24) is 4.72 Å². The Labute approximate surface area is 101 Å². The van der Waals surface area contributed by atoms with Crippen LogP contribution in [-0.4, -0.2) is 51.7 Å². The summed E-state index contributed by atoms with van der Waals surface area (Å²) in [6, 6.07) is -0.711. The van der Waals surface area contributed by atoms with Crippen LogP contribution in [0.3, 0.4) is 0 Å². The van der Waals surface area contributed by atoms with Crippen molar-refractivity contribution in [3.8, 4) is 0 Å². The van der Waals surface area contributed by atoms with Gasteiger partial charge in [0.1, 0.15) is 9.84 Å². The largest absolute Gasteiger partial charge is 0.481 e. The average Bonchev–Trinajstić information content (AvgIpc) is 2.12. The van der Waals surface area contributed by atoms with Gasteiger partial charge < -0.3 is 5.11 Å². The fourth-order valence-electron chi connectivity index (χ4n) is 1.05. The zero-order valence-corrected chi connectivity index (χ0v) is 11.3. The van der Waals surface area contributed by atoms with Gasteiger partial charge in [-0.25, -0.2) is 21.6 Å². The second-order valence-electron chi connectivity index (χ2n) is 3.77. The third-order valence-corrected chi connectivity index (χ3v) is 4.62. The molecule has 1 atom stereocenters. The minimum absolute atomic E-state index is 0.324. The van der Waals surface area contributed by atoms with E-state index in [1.165, 1.54) is 0 Å². The van der Waals surface area contributed by atoms with E-state index in [4.69, 9.17) is 5.11 Å². The van der Waals surface area contributed by atoms with Gasteiger partial charge in [-0.3, -0.25) is 4.79 Å². The highest BCUT2D eigenvalue weighted by Crippen LogP contribution is 2.01.